The lowest BCUT2D eigenvalue weighted by molar-refractivity contribution is 0.386. The van der Waals surface area contributed by atoms with Gasteiger partial charge in [0, 0.05) is 13.1 Å². The smallest absolute Gasteiger partial charge is 0.223 e. The summed E-state index contributed by atoms with van der Waals surface area (Å²) in [6, 6.07) is 1.94. The van der Waals surface area contributed by atoms with Crippen molar-refractivity contribution in [3.63, 3.8) is 0 Å². The van der Waals surface area contributed by atoms with Gasteiger partial charge in [0.1, 0.15) is 5.52 Å². The van der Waals surface area contributed by atoms with Gasteiger partial charge in [0.05, 0.1) is 6.54 Å². The van der Waals surface area contributed by atoms with E-state index >= 15 is 0 Å². The van der Waals surface area contributed by atoms with Crippen molar-refractivity contribution in [2.75, 3.05) is 5.73 Å². The van der Waals surface area contributed by atoms with E-state index in [1.807, 2.05) is 13.0 Å². The van der Waals surface area contributed by atoms with Crippen LogP contribution in [0, 0.1) is 13.8 Å². The average Bonchev–Trinajstić information content (AvgIpc) is 2.84. The predicted molar refractivity (Wildman–Crippen MR) is 64.8 cm³/mol. The third-order valence-corrected chi connectivity index (χ3v) is 2.62. The molecule has 0 bridgehead atoms. The number of anilines is 1. The number of hydrogen-bond acceptors (Lipinski definition) is 6. The maximum absolute atomic E-state index is 5.88. The number of nitrogens with two attached hydrogens (primary N) is 1. The molecule has 3 aromatic rings. The molecule has 0 saturated heterocycles. The molecule has 0 aliphatic rings. The first-order chi connectivity index (χ1) is 8.63. The van der Waals surface area contributed by atoms with E-state index in [4.69, 9.17) is 10.3 Å². The van der Waals surface area contributed by atoms with Gasteiger partial charge in [0.15, 0.2) is 11.5 Å². The normalized spacial score (nSPS) is 11.2. The molecule has 0 amide bonds. The van der Waals surface area contributed by atoms with Crippen LogP contribution in [-0.4, -0.2) is 24.7 Å². The second-order valence-electron chi connectivity index (χ2n) is 4.14. The Hall–Kier alpha value is -2.44. The number of fused-ring (bicyclic) bond motifs is 1. The van der Waals surface area contributed by atoms with Gasteiger partial charge in [0.25, 0.3) is 0 Å². The highest BCUT2D eigenvalue weighted by Gasteiger charge is 2.12. The topological polar surface area (TPSA) is 95.7 Å². The quantitative estimate of drug-likeness (QED) is 0.724. The Bertz CT molecular complexity index is 713. The van der Waals surface area contributed by atoms with E-state index in [-0.39, 0.29) is 0 Å². The first-order valence-corrected chi connectivity index (χ1v) is 5.51. The summed E-state index contributed by atoms with van der Waals surface area (Å²) >= 11 is 0. The molecule has 0 aliphatic carbocycles. The van der Waals surface area contributed by atoms with Crippen molar-refractivity contribution in [2.24, 2.45) is 0 Å². The summed E-state index contributed by atoms with van der Waals surface area (Å²) in [4.78, 5) is 12.7. The molecular formula is C11H12N6O. The van der Waals surface area contributed by atoms with Crippen molar-refractivity contribution in [2.45, 2.75) is 20.4 Å². The molecule has 3 rings (SSSR count). The maximum Gasteiger partial charge on any atom is 0.223 e. The first-order valence-electron chi connectivity index (χ1n) is 5.51. The summed E-state index contributed by atoms with van der Waals surface area (Å²) in [5.74, 6) is 1.48. The predicted octanol–water partition coefficient (Wildman–Crippen LogP) is 1.06. The molecule has 0 aliphatic heterocycles. The Balaban J connectivity index is 2.08. The van der Waals surface area contributed by atoms with Crippen molar-refractivity contribution >= 4 is 17.1 Å². The molecule has 2 N–H and O–H groups in total. The molecule has 3 heterocycles. The van der Waals surface area contributed by atoms with Crippen LogP contribution in [0.5, 0.6) is 0 Å². The Morgan fingerprint density at radius 3 is 2.89 bits per heavy atom. The summed E-state index contributed by atoms with van der Waals surface area (Å²) in [6.45, 7) is 4.10. The fourth-order valence-corrected chi connectivity index (χ4v) is 1.83. The van der Waals surface area contributed by atoms with Crippen LogP contribution in [0.2, 0.25) is 0 Å². The third kappa shape index (κ3) is 1.69. The number of aromatic nitrogens is 5. The van der Waals surface area contributed by atoms with Gasteiger partial charge in [-0.3, -0.25) is 4.57 Å². The fourth-order valence-electron chi connectivity index (χ4n) is 1.83. The number of hydrogen-bond donors (Lipinski definition) is 1. The van der Waals surface area contributed by atoms with Crippen LogP contribution in [0.1, 0.15) is 17.3 Å². The molecule has 7 nitrogen and oxygen atoms in total. The highest BCUT2D eigenvalue weighted by atomic mass is 16.5. The number of pyridine rings is 1. The average molecular weight is 244 g/mol. The van der Waals surface area contributed by atoms with E-state index in [2.05, 4.69) is 20.1 Å². The Kier molecular flexibility index (Phi) is 2.26. The van der Waals surface area contributed by atoms with Gasteiger partial charge in [-0.1, -0.05) is 5.16 Å². The minimum Gasteiger partial charge on any atom is -0.369 e. The van der Waals surface area contributed by atoms with Crippen molar-refractivity contribution in [3.8, 4) is 0 Å². The zero-order chi connectivity index (χ0) is 12.7. The zero-order valence-corrected chi connectivity index (χ0v) is 10.1. The largest absolute Gasteiger partial charge is 0.369 e. The minimum atomic E-state index is 0.394. The summed E-state index contributed by atoms with van der Waals surface area (Å²) in [7, 11) is 0. The summed E-state index contributed by atoms with van der Waals surface area (Å²) in [6.07, 6.45) is 1.78. The number of imidazole rings is 1. The standard InChI is InChI=1S/C11H12N6O/c1-6-3-8-10(13-4-6)17(11(12)15-8)5-9-14-7(2)18-16-9/h3-4H,5H2,1-2H3,(H2,12,15). The van der Waals surface area contributed by atoms with Gasteiger partial charge >= 0.3 is 0 Å². The van der Waals surface area contributed by atoms with Crippen molar-refractivity contribution in [1.82, 2.24) is 24.7 Å². The van der Waals surface area contributed by atoms with E-state index in [9.17, 15) is 0 Å². The monoisotopic (exact) mass is 244 g/mol. The van der Waals surface area contributed by atoms with E-state index in [0.29, 0.717) is 24.2 Å². The number of aryl methyl sites for hydroxylation is 2. The van der Waals surface area contributed by atoms with Crippen LogP contribution in [0.25, 0.3) is 11.2 Å². The van der Waals surface area contributed by atoms with Gasteiger partial charge in [0.2, 0.25) is 11.8 Å². The van der Waals surface area contributed by atoms with Crippen molar-refractivity contribution in [1.29, 1.82) is 0 Å². The second kappa shape index (κ2) is 3.80. The van der Waals surface area contributed by atoms with Gasteiger partial charge in [-0.25, -0.2) is 9.97 Å². The first kappa shape index (κ1) is 10.7. The Morgan fingerprint density at radius 2 is 2.17 bits per heavy atom. The Labute approximate surface area is 103 Å². The van der Waals surface area contributed by atoms with Gasteiger partial charge in [-0.15, -0.1) is 0 Å². The molecule has 92 valence electrons. The lowest BCUT2D eigenvalue weighted by Crippen LogP contribution is -2.06. The van der Waals surface area contributed by atoms with Crippen LogP contribution in [0.15, 0.2) is 16.8 Å². The number of nitrogens with zero attached hydrogens (tertiary/aromatic N) is 5. The summed E-state index contributed by atoms with van der Waals surface area (Å²) in [5.41, 5.74) is 8.42. The van der Waals surface area contributed by atoms with Gasteiger partial charge < -0.3 is 10.3 Å². The number of rotatable bonds is 2. The Morgan fingerprint density at radius 1 is 1.33 bits per heavy atom. The molecule has 0 unspecified atom stereocenters. The van der Waals surface area contributed by atoms with Crippen LogP contribution in [-0.2, 0) is 6.54 Å². The molecule has 0 atom stereocenters. The molecule has 3 aromatic heterocycles. The zero-order valence-electron chi connectivity index (χ0n) is 10.1. The molecule has 18 heavy (non-hydrogen) atoms. The molecule has 0 radical (unpaired) electrons. The van der Waals surface area contributed by atoms with Crippen molar-refractivity contribution < 1.29 is 4.52 Å². The van der Waals surface area contributed by atoms with Crippen LogP contribution in [0.3, 0.4) is 0 Å². The summed E-state index contributed by atoms with van der Waals surface area (Å²) in [5, 5.41) is 3.84. The molecule has 7 heteroatoms. The van der Waals surface area contributed by atoms with E-state index in [1.54, 1.807) is 17.7 Å². The van der Waals surface area contributed by atoms with Gasteiger partial charge in [-0.05, 0) is 18.6 Å². The summed E-state index contributed by atoms with van der Waals surface area (Å²) < 4.78 is 6.69. The van der Waals surface area contributed by atoms with E-state index < -0.39 is 0 Å². The molecule has 0 spiro atoms. The van der Waals surface area contributed by atoms with Crippen LogP contribution >= 0.6 is 0 Å². The van der Waals surface area contributed by atoms with Gasteiger partial charge in [-0.2, -0.15) is 4.98 Å². The number of nitrogen functional groups attached to an aromatic ring is 1. The SMILES string of the molecule is Cc1cnc2c(c1)nc(N)n2Cc1noc(C)n1. The van der Waals surface area contributed by atoms with Crippen molar-refractivity contribution in [3.05, 3.63) is 29.5 Å². The maximum atomic E-state index is 5.88. The van der Waals surface area contributed by atoms with Crippen LogP contribution in [0.4, 0.5) is 5.95 Å². The lowest BCUT2D eigenvalue weighted by Gasteiger charge is -2.01. The van der Waals surface area contributed by atoms with E-state index in [1.165, 1.54) is 0 Å². The molecular weight excluding hydrogens is 232 g/mol. The lowest BCUT2D eigenvalue weighted by atomic mass is 10.3. The van der Waals surface area contributed by atoms with E-state index in [0.717, 1.165) is 16.7 Å². The molecule has 0 aromatic carbocycles. The second-order valence-corrected chi connectivity index (χ2v) is 4.14. The fraction of sp³-hybridized carbons (Fsp3) is 0.273. The highest BCUT2D eigenvalue weighted by Crippen LogP contribution is 2.17. The molecule has 0 fully saturated rings. The molecule has 0 saturated carbocycles. The third-order valence-electron chi connectivity index (χ3n) is 2.62. The minimum absolute atomic E-state index is 0.394. The highest BCUT2D eigenvalue weighted by molar-refractivity contribution is 5.74. The van der Waals surface area contributed by atoms with Crippen LogP contribution < -0.4 is 5.73 Å².